The van der Waals surface area contributed by atoms with Crippen LogP contribution in [0.5, 0.6) is 0 Å². The van der Waals surface area contributed by atoms with Crippen molar-refractivity contribution in [3.05, 3.63) is 24.1 Å². The second kappa shape index (κ2) is 3.93. The molecule has 15 heavy (non-hydrogen) atoms. The van der Waals surface area contributed by atoms with Crippen molar-refractivity contribution in [3.8, 4) is 0 Å². The zero-order valence-corrected chi connectivity index (χ0v) is 9.34. The molecule has 0 bridgehead atoms. The van der Waals surface area contributed by atoms with Crippen LogP contribution in [0.3, 0.4) is 0 Å². The molecule has 2 rings (SSSR count). The van der Waals surface area contributed by atoms with E-state index in [4.69, 9.17) is 4.42 Å². The number of hydrogen-bond donors (Lipinski definition) is 0. The number of nitrogens with zero attached hydrogens (tertiary/aromatic N) is 2. The number of aliphatic imine (C=N–C) groups is 1. The maximum Gasteiger partial charge on any atom is 0.198 e. The number of isothiocyanates is 1. The lowest BCUT2D eigenvalue weighted by atomic mass is 10.2. The Morgan fingerprint density at radius 1 is 1.47 bits per heavy atom. The number of oxazole rings is 1. The van der Waals surface area contributed by atoms with Crippen LogP contribution in [-0.2, 0) is 0 Å². The molecule has 3 nitrogen and oxygen atoms in total. The third-order valence-electron chi connectivity index (χ3n) is 2.06. The van der Waals surface area contributed by atoms with E-state index >= 15 is 0 Å². The third-order valence-corrected chi connectivity index (χ3v) is 2.15. The molecule has 1 aromatic carbocycles. The predicted molar refractivity (Wildman–Crippen MR) is 62.8 cm³/mol. The standard InChI is InChI=1S/C11H10N2OS/c1-7(2)11-13-9-5-8(12-6-15)3-4-10(9)14-11/h3-5,7H,1-2H3. The molecule has 0 radical (unpaired) electrons. The largest absolute Gasteiger partial charge is 0.440 e. The molecule has 0 amide bonds. The fraction of sp³-hybridized carbons (Fsp3) is 0.273. The normalized spacial score (nSPS) is 10.6. The van der Waals surface area contributed by atoms with Crippen LogP contribution in [0.4, 0.5) is 5.69 Å². The van der Waals surface area contributed by atoms with Crippen LogP contribution < -0.4 is 0 Å². The number of hydrogen-bond acceptors (Lipinski definition) is 4. The zero-order valence-electron chi connectivity index (χ0n) is 8.52. The van der Waals surface area contributed by atoms with Crippen LogP contribution in [0.2, 0.25) is 0 Å². The quantitative estimate of drug-likeness (QED) is 0.570. The highest BCUT2D eigenvalue weighted by Crippen LogP contribution is 2.24. The summed E-state index contributed by atoms with van der Waals surface area (Å²) in [6.07, 6.45) is 0. The summed E-state index contributed by atoms with van der Waals surface area (Å²) in [4.78, 5) is 8.26. The summed E-state index contributed by atoms with van der Waals surface area (Å²) >= 11 is 4.54. The van der Waals surface area contributed by atoms with Gasteiger partial charge in [-0.3, -0.25) is 0 Å². The first-order valence-corrected chi connectivity index (χ1v) is 5.10. The van der Waals surface area contributed by atoms with Crippen LogP contribution in [0, 0.1) is 0 Å². The summed E-state index contributed by atoms with van der Waals surface area (Å²) in [5.41, 5.74) is 2.34. The van der Waals surface area contributed by atoms with Gasteiger partial charge in [-0.15, -0.1) is 0 Å². The minimum absolute atomic E-state index is 0.287. The summed E-state index contributed by atoms with van der Waals surface area (Å²) in [7, 11) is 0. The molecule has 0 saturated carbocycles. The van der Waals surface area contributed by atoms with Crippen molar-refractivity contribution in [2.45, 2.75) is 19.8 Å². The van der Waals surface area contributed by atoms with Gasteiger partial charge in [0.05, 0.1) is 10.8 Å². The van der Waals surface area contributed by atoms with Gasteiger partial charge in [-0.1, -0.05) is 13.8 Å². The fourth-order valence-electron chi connectivity index (χ4n) is 1.30. The van der Waals surface area contributed by atoms with Crippen molar-refractivity contribution in [1.29, 1.82) is 0 Å². The van der Waals surface area contributed by atoms with E-state index in [1.165, 1.54) is 0 Å². The maximum absolute atomic E-state index is 5.56. The monoisotopic (exact) mass is 218 g/mol. The molecular formula is C11H10N2OS. The minimum Gasteiger partial charge on any atom is -0.440 e. The van der Waals surface area contributed by atoms with Crippen LogP contribution in [-0.4, -0.2) is 10.1 Å². The van der Waals surface area contributed by atoms with Gasteiger partial charge in [-0.05, 0) is 30.4 Å². The van der Waals surface area contributed by atoms with Gasteiger partial charge in [0.2, 0.25) is 0 Å². The molecule has 0 N–H and O–H groups in total. The molecule has 1 heterocycles. The topological polar surface area (TPSA) is 38.4 Å². The van der Waals surface area contributed by atoms with Crippen molar-refractivity contribution in [2.75, 3.05) is 0 Å². The molecule has 0 fully saturated rings. The Bertz CT molecular complexity index is 539. The summed E-state index contributed by atoms with van der Waals surface area (Å²) < 4.78 is 5.56. The van der Waals surface area contributed by atoms with E-state index in [-0.39, 0.29) is 5.92 Å². The van der Waals surface area contributed by atoms with Crippen molar-refractivity contribution >= 4 is 34.2 Å². The molecule has 2 aromatic rings. The van der Waals surface area contributed by atoms with Crippen molar-refractivity contribution in [1.82, 2.24) is 4.98 Å². The van der Waals surface area contributed by atoms with E-state index in [1.807, 2.05) is 32.0 Å². The van der Waals surface area contributed by atoms with Crippen LogP contribution >= 0.6 is 12.2 Å². The van der Waals surface area contributed by atoms with Gasteiger partial charge in [0.15, 0.2) is 11.5 Å². The molecule has 0 spiro atoms. The first-order valence-electron chi connectivity index (χ1n) is 4.69. The predicted octanol–water partition coefficient (Wildman–Crippen LogP) is 3.69. The number of thiocarbonyl (C=S) groups is 1. The Hall–Kier alpha value is -1.51. The van der Waals surface area contributed by atoms with E-state index in [0.29, 0.717) is 0 Å². The highest BCUT2D eigenvalue weighted by atomic mass is 32.1. The smallest absolute Gasteiger partial charge is 0.198 e. The maximum atomic E-state index is 5.56. The van der Waals surface area contributed by atoms with Gasteiger partial charge < -0.3 is 4.42 Å². The average Bonchev–Trinajstić information content (AvgIpc) is 2.61. The van der Waals surface area contributed by atoms with Crippen LogP contribution in [0.15, 0.2) is 27.6 Å². The molecule has 0 aliphatic rings. The molecule has 4 heteroatoms. The number of rotatable bonds is 2. The zero-order chi connectivity index (χ0) is 10.8. The lowest BCUT2D eigenvalue weighted by Crippen LogP contribution is -1.84. The highest BCUT2D eigenvalue weighted by Gasteiger charge is 2.09. The van der Waals surface area contributed by atoms with Crippen LogP contribution in [0.25, 0.3) is 11.1 Å². The third kappa shape index (κ3) is 1.96. The van der Waals surface area contributed by atoms with E-state index < -0.39 is 0 Å². The molecule has 0 atom stereocenters. The SMILES string of the molecule is CC(C)c1nc2cc(N=C=S)ccc2o1. The molecule has 76 valence electrons. The lowest BCUT2D eigenvalue weighted by molar-refractivity contribution is 0.501. The Morgan fingerprint density at radius 2 is 2.27 bits per heavy atom. The summed E-state index contributed by atoms with van der Waals surface area (Å²) in [6.45, 7) is 4.08. The fourth-order valence-corrected chi connectivity index (χ4v) is 1.41. The van der Waals surface area contributed by atoms with Crippen LogP contribution in [0.1, 0.15) is 25.7 Å². The second-order valence-corrected chi connectivity index (χ2v) is 3.74. The first-order chi connectivity index (χ1) is 7.20. The number of fused-ring (bicyclic) bond motifs is 1. The van der Waals surface area contributed by atoms with Gasteiger partial charge in [0.25, 0.3) is 0 Å². The van der Waals surface area contributed by atoms with Crippen molar-refractivity contribution < 1.29 is 4.42 Å². The summed E-state index contributed by atoms with van der Waals surface area (Å²) in [5.74, 6) is 1.03. The summed E-state index contributed by atoms with van der Waals surface area (Å²) in [5, 5.41) is 2.33. The molecule has 1 aromatic heterocycles. The number of benzene rings is 1. The lowest BCUT2D eigenvalue weighted by Gasteiger charge is -1.93. The van der Waals surface area contributed by atoms with E-state index in [2.05, 4.69) is 27.4 Å². The average molecular weight is 218 g/mol. The van der Waals surface area contributed by atoms with E-state index in [0.717, 1.165) is 22.7 Å². The Kier molecular flexibility index (Phi) is 2.62. The minimum atomic E-state index is 0.287. The van der Waals surface area contributed by atoms with E-state index in [1.54, 1.807) is 0 Å². The van der Waals surface area contributed by atoms with Gasteiger partial charge in [-0.2, -0.15) is 4.99 Å². The molecular weight excluding hydrogens is 208 g/mol. The Labute approximate surface area is 92.8 Å². The van der Waals surface area contributed by atoms with Gasteiger partial charge >= 0.3 is 0 Å². The Balaban J connectivity index is 2.56. The first kappa shape index (κ1) is 10.0. The van der Waals surface area contributed by atoms with Crippen molar-refractivity contribution in [2.24, 2.45) is 4.99 Å². The summed E-state index contributed by atoms with van der Waals surface area (Å²) in [6, 6.07) is 5.51. The molecule has 0 aliphatic heterocycles. The van der Waals surface area contributed by atoms with Gasteiger partial charge in [-0.25, -0.2) is 4.98 Å². The molecule has 0 unspecified atom stereocenters. The van der Waals surface area contributed by atoms with Gasteiger partial charge in [0, 0.05) is 5.92 Å². The molecule has 0 aliphatic carbocycles. The van der Waals surface area contributed by atoms with Crippen molar-refractivity contribution in [3.63, 3.8) is 0 Å². The highest BCUT2D eigenvalue weighted by molar-refractivity contribution is 7.78. The number of aromatic nitrogens is 1. The van der Waals surface area contributed by atoms with E-state index in [9.17, 15) is 0 Å². The second-order valence-electron chi connectivity index (χ2n) is 3.56. The molecule has 0 saturated heterocycles. The van der Waals surface area contributed by atoms with Gasteiger partial charge in [0.1, 0.15) is 5.52 Å². The Morgan fingerprint density at radius 3 is 2.93 bits per heavy atom.